The lowest BCUT2D eigenvalue weighted by Crippen LogP contribution is -2.36. The number of amides is 2. The van der Waals surface area contributed by atoms with Gasteiger partial charge in [-0.1, -0.05) is 28.8 Å². The van der Waals surface area contributed by atoms with Gasteiger partial charge in [0.2, 0.25) is 0 Å². The highest BCUT2D eigenvalue weighted by molar-refractivity contribution is 9.10. The average molecular weight is 327 g/mol. The number of hydrogen-bond acceptors (Lipinski definition) is 2. The van der Waals surface area contributed by atoms with Crippen LogP contribution in [0.5, 0.6) is 0 Å². The number of carboxylic acid groups (broad SMARTS) is 1. The summed E-state index contributed by atoms with van der Waals surface area (Å²) in [5, 5.41) is 14.5. The fourth-order valence-electron chi connectivity index (χ4n) is 2.22. The maximum atomic E-state index is 11.8. The molecule has 0 aromatic heterocycles. The summed E-state index contributed by atoms with van der Waals surface area (Å²) < 4.78 is 0.716. The van der Waals surface area contributed by atoms with E-state index in [9.17, 15) is 9.59 Å². The molecular weight excluding hydrogens is 312 g/mol. The Hall–Kier alpha value is -1.56. The quantitative estimate of drug-likeness (QED) is 0.798. The minimum absolute atomic E-state index is 0.0739. The smallest absolute Gasteiger partial charge is 0.337 e. The molecule has 1 fully saturated rings. The highest BCUT2D eigenvalue weighted by Gasteiger charge is 2.18. The zero-order valence-electron chi connectivity index (χ0n) is 10.3. The fourth-order valence-corrected chi connectivity index (χ4v) is 2.58. The van der Waals surface area contributed by atoms with Crippen molar-refractivity contribution in [1.82, 2.24) is 5.32 Å². The molecule has 6 heteroatoms. The summed E-state index contributed by atoms with van der Waals surface area (Å²) in [4.78, 5) is 22.9. The minimum Gasteiger partial charge on any atom is -0.478 e. The topological polar surface area (TPSA) is 78.4 Å². The van der Waals surface area contributed by atoms with Gasteiger partial charge in [-0.15, -0.1) is 0 Å². The minimum atomic E-state index is -1.07. The van der Waals surface area contributed by atoms with E-state index in [4.69, 9.17) is 5.11 Å². The van der Waals surface area contributed by atoms with Gasteiger partial charge in [0.05, 0.1) is 11.3 Å². The van der Waals surface area contributed by atoms with Crippen LogP contribution in [-0.2, 0) is 0 Å². The number of carbonyl (C=O) groups excluding carboxylic acids is 1. The van der Waals surface area contributed by atoms with Gasteiger partial charge in [-0.05, 0) is 31.0 Å². The third-order valence-corrected chi connectivity index (χ3v) is 3.64. The summed E-state index contributed by atoms with van der Waals surface area (Å²) >= 11 is 3.26. The third kappa shape index (κ3) is 3.70. The van der Waals surface area contributed by atoms with Gasteiger partial charge in [0, 0.05) is 10.5 Å². The fraction of sp³-hybridized carbons (Fsp3) is 0.385. The molecule has 0 atom stereocenters. The monoisotopic (exact) mass is 326 g/mol. The summed E-state index contributed by atoms with van der Waals surface area (Å²) in [6, 6.07) is 4.51. The molecule has 1 aliphatic carbocycles. The Bertz CT molecular complexity index is 499. The molecule has 102 valence electrons. The SMILES string of the molecule is O=C(Nc1cc(Br)ccc1C(=O)O)NC1CCCC1. The van der Waals surface area contributed by atoms with Crippen molar-refractivity contribution in [3.63, 3.8) is 0 Å². The Kier molecular flexibility index (Phi) is 4.42. The zero-order chi connectivity index (χ0) is 13.8. The van der Waals surface area contributed by atoms with Crippen LogP contribution < -0.4 is 10.6 Å². The molecule has 0 spiro atoms. The standard InChI is InChI=1S/C13H15BrN2O3/c14-8-5-6-10(12(17)18)11(7-8)16-13(19)15-9-3-1-2-4-9/h5-7,9H,1-4H2,(H,17,18)(H2,15,16,19). The molecule has 0 saturated heterocycles. The van der Waals surface area contributed by atoms with E-state index >= 15 is 0 Å². The van der Waals surface area contributed by atoms with Crippen LogP contribution in [0.15, 0.2) is 22.7 Å². The van der Waals surface area contributed by atoms with E-state index in [1.54, 1.807) is 12.1 Å². The number of urea groups is 1. The van der Waals surface area contributed by atoms with Crippen molar-refractivity contribution in [1.29, 1.82) is 0 Å². The molecule has 1 saturated carbocycles. The van der Waals surface area contributed by atoms with Crippen LogP contribution in [0, 0.1) is 0 Å². The molecule has 0 unspecified atom stereocenters. The molecular formula is C13H15BrN2O3. The van der Waals surface area contributed by atoms with E-state index in [-0.39, 0.29) is 23.3 Å². The van der Waals surface area contributed by atoms with E-state index in [1.165, 1.54) is 6.07 Å². The molecule has 0 radical (unpaired) electrons. The van der Waals surface area contributed by atoms with E-state index in [1.807, 2.05) is 0 Å². The number of carboxylic acids is 1. The molecule has 1 aromatic rings. The van der Waals surface area contributed by atoms with Crippen molar-refractivity contribution in [2.24, 2.45) is 0 Å². The molecule has 0 heterocycles. The van der Waals surface area contributed by atoms with Gasteiger partial charge in [0.15, 0.2) is 0 Å². The second kappa shape index (κ2) is 6.06. The Labute approximate surface area is 119 Å². The number of benzene rings is 1. The lowest BCUT2D eigenvalue weighted by Gasteiger charge is -2.14. The first-order valence-corrected chi connectivity index (χ1v) is 6.96. The third-order valence-electron chi connectivity index (χ3n) is 3.15. The molecule has 19 heavy (non-hydrogen) atoms. The van der Waals surface area contributed by atoms with Crippen molar-refractivity contribution in [2.45, 2.75) is 31.7 Å². The van der Waals surface area contributed by atoms with Gasteiger partial charge in [-0.2, -0.15) is 0 Å². The molecule has 2 rings (SSSR count). The van der Waals surface area contributed by atoms with Crippen LogP contribution >= 0.6 is 15.9 Å². The number of aromatic carboxylic acids is 1. The van der Waals surface area contributed by atoms with Crippen molar-refractivity contribution in [3.05, 3.63) is 28.2 Å². The van der Waals surface area contributed by atoms with Crippen LogP contribution in [0.25, 0.3) is 0 Å². The Morgan fingerprint density at radius 3 is 2.58 bits per heavy atom. The van der Waals surface area contributed by atoms with Crippen LogP contribution in [0.2, 0.25) is 0 Å². The lowest BCUT2D eigenvalue weighted by atomic mass is 10.2. The number of anilines is 1. The van der Waals surface area contributed by atoms with Crippen molar-refractivity contribution < 1.29 is 14.7 Å². The summed E-state index contributed by atoms with van der Waals surface area (Å²) in [7, 11) is 0. The first kappa shape index (κ1) is 13.9. The molecule has 1 aromatic carbocycles. The highest BCUT2D eigenvalue weighted by atomic mass is 79.9. The normalized spacial score (nSPS) is 15.2. The molecule has 2 amide bonds. The number of nitrogens with one attached hydrogen (secondary N) is 2. The number of carbonyl (C=O) groups is 2. The molecule has 1 aliphatic rings. The van der Waals surface area contributed by atoms with E-state index in [2.05, 4.69) is 26.6 Å². The summed E-state index contributed by atoms with van der Waals surface area (Å²) in [6.45, 7) is 0. The number of hydrogen-bond donors (Lipinski definition) is 3. The van der Waals surface area contributed by atoms with E-state index in [0.29, 0.717) is 4.47 Å². The molecule has 0 bridgehead atoms. The van der Waals surface area contributed by atoms with Crippen molar-refractivity contribution >= 4 is 33.6 Å². The van der Waals surface area contributed by atoms with Gasteiger partial charge in [-0.25, -0.2) is 9.59 Å². The summed E-state index contributed by atoms with van der Waals surface area (Å²) in [6.07, 6.45) is 4.22. The number of rotatable bonds is 3. The van der Waals surface area contributed by atoms with Crippen LogP contribution in [0.3, 0.4) is 0 Å². The van der Waals surface area contributed by atoms with Crippen LogP contribution in [0.4, 0.5) is 10.5 Å². The van der Waals surface area contributed by atoms with E-state index < -0.39 is 5.97 Å². The molecule has 3 N–H and O–H groups in total. The van der Waals surface area contributed by atoms with Gasteiger partial charge in [-0.3, -0.25) is 0 Å². The predicted molar refractivity (Wildman–Crippen MR) is 75.5 cm³/mol. The summed E-state index contributed by atoms with van der Waals surface area (Å²) in [5.41, 5.74) is 0.363. The summed E-state index contributed by atoms with van der Waals surface area (Å²) in [5.74, 6) is -1.07. The lowest BCUT2D eigenvalue weighted by molar-refractivity contribution is 0.0698. The first-order chi connectivity index (χ1) is 9.06. The highest BCUT2D eigenvalue weighted by Crippen LogP contribution is 2.22. The average Bonchev–Trinajstić information content (AvgIpc) is 2.81. The second-order valence-electron chi connectivity index (χ2n) is 4.57. The van der Waals surface area contributed by atoms with Crippen molar-refractivity contribution in [2.75, 3.05) is 5.32 Å². The van der Waals surface area contributed by atoms with Crippen LogP contribution in [-0.4, -0.2) is 23.1 Å². The Morgan fingerprint density at radius 1 is 1.26 bits per heavy atom. The number of halogens is 1. The Morgan fingerprint density at radius 2 is 1.95 bits per heavy atom. The predicted octanol–water partition coefficient (Wildman–Crippen LogP) is 3.21. The zero-order valence-corrected chi connectivity index (χ0v) is 11.9. The maximum Gasteiger partial charge on any atom is 0.337 e. The largest absolute Gasteiger partial charge is 0.478 e. The van der Waals surface area contributed by atoms with Gasteiger partial charge < -0.3 is 15.7 Å². The van der Waals surface area contributed by atoms with Gasteiger partial charge in [0.1, 0.15) is 0 Å². The molecule has 5 nitrogen and oxygen atoms in total. The molecule has 0 aliphatic heterocycles. The van der Waals surface area contributed by atoms with Gasteiger partial charge >= 0.3 is 12.0 Å². The van der Waals surface area contributed by atoms with Crippen molar-refractivity contribution in [3.8, 4) is 0 Å². The Balaban J connectivity index is 2.06. The first-order valence-electron chi connectivity index (χ1n) is 6.16. The maximum absolute atomic E-state index is 11.8. The van der Waals surface area contributed by atoms with E-state index in [0.717, 1.165) is 25.7 Å². The van der Waals surface area contributed by atoms with Gasteiger partial charge in [0.25, 0.3) is 0 Å². The van der Waals surface area contributed by atoms with Crippen LogP contribution in [0.1, 0.15) is 36.0 Å². The second-order valence-corrected chi connectivity index (χ2v) is 5.49.